The van der Waals surface area contributed by atoms with Crippen LogP contribution in [0.2, 0.25) is 0 Å². The maximum Gasteiger partial charge on any atom is 0.161 e. The van der Waals surface area contributed by atoms with Gasteiger partial charge in [0.05, 0.1) is 11.7 Å². The van der Waals surface area contributed by atoms with Crippen molar-refractivity contribution >= 4 is 0 Å². The molecule has 0 unspecified atom stereocenters. The first-order valence-corrected chi connectivity index (χ1v) is 8.28. The van der Waals surface area contributed by atoms with Gasteiger partial charge in [0.15, 0.2) is 5.82 Å². The highest BCUT2D eigenvalue weighted by molar-refractivity contribution is 5.51. The van der Waals surface area contributed by atoms with Crippen LogP contribution in [0.1, 0.15) is 30.6 Å². The minimum absolute atomic E-state index is 0.0581. The summed E-state index contributed by atoms with van der Waals surface area (Å²) in [6, 6.07) is 8.78. The summed E-state index contributed by atoms with van der Waals surface area (Å²) in [6.45, 7) is 4.87. The number of aryl methyl sites for hydroxylation is 1. The molecule has 4 rings (SSSR count). The number of hydrogen-bond acceptors (Lipinski definition) is 3. The van der Waals surface area contributed by atoms with Crippen LogP contribution in [-0.4, -0.2) is 25.9 Å². The molecule has 0 amide bonds. The Morgan fingerprint density at radius 2 is 2.08 bits per heavy atom. The highest BCUT2D eigenvalue weighted by Gasteiger charge is 2.18. The van der Waals surface area contributed by atoms with Gasteiger partial charge in [-0.2, -0.15) is 5.10 Å². The maximum absolute atomic E-state index is 13.2. The molecular weight excluding hydrogens is 305 g/mol. The number of rotatable bonds is 3. The van der Waals surface area contributed by atoms with Gasteiger partial charge in [-0.05, 0) is 43.7 Å². The van der Waals surface area contributed by atoms with Gasteiger partial charge in [0, 0.05) is 25.5 Å². The van der Waals surface area contributed by atoms with Crippen molar-refractivity contribution in [3.05, 3.63) is 59.8 Å². The third kappa shape index (κ3) is 2.73. The van der Waals surface area contributed by atoms with Crippen LogP contribution in [0.4, 0.5) is 4.39 Å². The molecule has 0 radical (unpaired) electrons. The fourth-order valence-corrected chi connectivity index (χ4v) is 3.20. The van der Waals surface area contributed by atoms with Gasteiger partial charge in [0.25, 0.3) is 0 Å². The molecule has 24 heavy (non-hydrogen) atoms. The predicted molar refractivity (Wildman–Crippen MR) is 90.0 cm³/mol. The van der Waals surface area contributed by atoms with Crippen LogP contribution in [0.15, 0.2) is 42.7 Å². The quantitative estimate of drug-likeness (QED) is 0.805. The van der Waals surface area contributed by atoms with Crippen LogP contribution in [0.25, 0.3) is 11.5 Å². The summed E-state index contributed by atoms with van der Waals surface area (Å²) < 4.78 is 17.3. The molecule has 0 saturated carbocycles. The van der Waals surface area contributed by atoms with Crippen molar-refractivity contribution in [1.29, 1.82) is 0 Å². The van der Waals surface area contributed by atoms with E-state index >= 15 is 0 Å². The molecular formula is C18H20FN5. The van der Waals surface area contributed by atoms with E-state index in [4.69, 9.17) is 5.10 Å². The average molecular weight is 325 g/mol. The number of fused-ring (bicyclic) bond motifs is 1. The first kappa shape index (κ1) is 15.1. The van der Waals surface area contributed by atoms with Gasteiger partial charge >= 0.3 is 0 Å². The number of halogens is 1. The van der Waals surface area contributed by atoms with E-state index in [2.05, 4.69) is 32.5 Å². The van der Waals surface area contributed by atoms with Crippen molar-refractivity contribution < 1.29 is 4.39 Å². The Hall–Kier alpha value is -2.47. The van der Waals surface area contributed by atoms with Gasteiger partial charge in [-0.15, -0.1) is 0 Å². The summed E-state index contributed by atoms with van der Waals surface area (Å²) >= 11 is 0. The zero-order valence-electron chi connectivity index (χ0n) is 13.6. The summed E-state index contributed by atoms with van der Waals surface area (Å²) in [5.74, 6) is 0.620. The zero-order valence-corrected chi connectivity index (χ0v) is 13.6. The summed E-state index contributed by atoms with van der Waals surface area (Å²) in [5, 5.41) is 8.14. The number of hydrogen-bond donors (Lipinski definition) is 1. The van der Waals surface area contributed by atoms with Crippen molar-refractivity contribution in [2.24, 2.45) is 0 Å². The van der Waals surface area contributed by atoms with Gasteiger partial charge in [-0.3, -0.25) is 4.68 Å². The monoisotopic (exact) mass is 325 g/mol. The fraction of sp³-hybridized carbons (Fsp3) is 0.333. The molecule has 0 spiro atoms. The van der Waals surface area contributed by atoms with E-state index in [1.54, 1.807) is 6.20 Å². The van der Waals surface area contributed by atoms with Crippen LogP contribution in [0, 0.1) is 5.82 Å². The molecule has 0 fully saturated rings. The number of benzene rings is 1. The molecule has 0 saturated heterocycles. The van der Waals surface area contributed by atoms with E-state index in [1.165, 1.54) is 17.8 Å². The Morgan fingerprint density at radius 1 is 1.25 bits per heavy atom. The Kier molecular flexibility index (Phi) is 3.90. The fourth-order valence-electron chi connectivity index (χ4n) is 3.20. The molecule has 1 atom stereocenters. The lowest BCUT2D eigenvalue weighted by Gasteiger charge is -2.16. The van der Waals surface area contributed by atoms with Gasteiger partial charge in [0.2, 0.25) is 0 Å². The van der Waals surface area contributed by atoms with Crippen molar-refractivity contribution in [3.63, 3.8) is 0 Å². The van der Waals surface area contributed by atoms with E-state index < -0.39 is 0 Å². The molecule has 0 aliphatic carbocycles. The Morgan fingerprint density at radius 3 is 2.92 bits per heavy atom. The topological polar surface area (TPSA) is 47.7 Å². The highest BCUT2D eigenvalue weighted by atomic mass is 19.1. The lowest BCUT2D eigenvalue weighted by molar-refractivity contribution is 0.585. The van der Waals surface area contributed by atoms with Crippen LogP contribution in [-0.2, 0) is 13.1 Å². The predicted octanol–water partition coefficient (Wildman–Crippen LogP) is 2.99. The van der Waals surface area contributed by atoms with Crippen molar-refractivity contribution in [1.82, 2.24) is 24.6 Å². The van der Waals surface area contributed by atoms with E-state index in [1.807, 2.05) is 18.3 Å². The second-order valence-electron chi connectivity index (χ2n) is 6.16. The largest absolute Gasteiger partial charge is 0.322 e. The molecule has 6 heteroatoms. The van der Waals surface area contributed by atoms with E-state index in [0.29, 0.717) is 0 Å². The third-order valence-electron chi connectivity index (χ3n) is 4.56. The van der Waals surface area contributed by atoms with Crippen LogP contribution in [0.3, 0.4) is 0 Å². The minimum atomic E-state index is -0.220. The van der Waals surface area contributed by atoms with Crippen molar-refractivity contribution in [3.8, 4) is 11.5 Å². The van der Waals surface area contributed by atoms with E-state index in [-0.39, 0.29) is 11.9 Å². The lowest BCUT2D eigenvalue weighted by atomic mass is 10.1. The molecule has 124 valence electrons. The first-order valence-electron chi connectivity index (χ1n) is 8.28. The molecule has 1 N–H and O–H groups in total. The van der Waals surface area contributed by atoms with Crippen molar-refractivity contribution in [2.45, 2.75) is 32.5 Å². The molecule has 5 nitrogen and oxygen atoms in total. The summed E-state index contributed by atoms with van der Waals surface area (Å²) in [5.41, 5.74) is 3.11. The maximum atomic E-state index is 13.2. The van der Waals surface area contributed by atoms with Gasteiger partial charge < -0.3 is 9.88 Å². The smallest absolute Gasteiger partial charge is 0.161 e. The molecule has 1 aliphatic heterocycles. The number of nitrogens with one attached hydrogen (secondary N) is 1. The Labute approximate surface area is 140 Å². The summed E-state index contributed by atoms with van der Waals surface area (Å²) in [6.07, 6.45) is 4.82. The Bertz CT molecular complexity index is 810. The van der Waals surface area contributed by atoms with Crippen LogP contribution in [0.5, 0.6) is 0 Å². The summed E-state index contributed by atoms with van der Waals surface area (Å²) in [4.78, 5) is 4.51. The van der Waals surface area contributed by atoms with Gasteiger partial charge in [-0.1, -0.05) is 12.1 Å². The zero-order chi connectivity index (χ0) is 16.5. The van der Waals surface area contributed by atoms with Gasteiger partial charge in [0.1, 0.15) is 11.5 Å². The molecule has 0 bridgehead atoms. The second-order valence-corrected chi connectivity index (χ2v) is 6.16. The number of aromatic nitrogens is 4. The van der Waals surface area contributed by atoms with Crippen molar-refractivity contribution in [2.75, 3.05) is 6.54 Å². The SMILES string of the molecule is C[C@H](c1ccc(F)cc1)n1ccnc1-c1cc2n(n1)CCCNC2. The molecule has 1 aliphatic rings. The van der Waals surface area contributed by atoms with Crippen LogP contribution < -0.4 is 5.32 Å². The number of imidazole rings is 1. The van der Waals surface area contributed by atoms with E-state index in [9.17, 15) is 4.39 Å². The second kappa shape index (κ2) is 6.20. The Balaban J connectivity index is 1.68. The number of nitrogens with zero attached hydrogens (tertiary/aromatic N) is 4. The first-order chi connectivity index (χ1) is 11.7. The van der Waals surface area contributed by atoms with Crippen LogP contribution >= 0.6 is 0 Å². The molecule has 1 aromatic carbocycles. The molecule has 3 aromatic rings. The molecule has 3 heterocycles. The average Bonchev–Trinajstić information content (AvgIpc) is 3.17. The van der Waals surface area contributed by atoms with Gasteiger partial charge in [-0.25, -0.2) is 9.37 Å². The van der Waals surface area contributed by atoms with E-state index in [0.717, 1.165) is 43.1 Å². The minimum Gasteiger partial charge on any atom is -0.322 e. The third-order valence-corrected chi connectivity index (χ3v) is 4.56. The summed E-state index contributed by atoms with van der Waals surface area (Å²) in [7, 11) is 0. The normalized spacial score (nSPS) is 15.8. The molecule has 2 aromatic heterocycles. The highest BCUT2D eigenvalue weighted by Crippen LogP contribution is 2.26. The lowest BCUT2D eigenvalue weighted by Crippen LogP contribution is -2.11. The standard InChI is InChI=1S/C18H20FN5/c1-13(14-3-5-15(19)6-4-14)23-10-8-21-18(23)17-11-16-12-20-7-2-9-24(16)22-17/h3-6,8,10-11,13,20H,2,7,9,12H2,1H3/t13-/m1/s1.